The Morgan fingerprint density at radius 2 is 1.82 bits per heavy atom. The molecule has 0 fully saturated rings. The van der Waals surface area contributed by atoms with Crippen LogP contribution >= 0.6 is 0 Å². The van der Waals surface area contributed by atoms with Gasteiger partial charge >= 0.3 is 0 Å². The van der Waals surface area contributed by atoms with Gasteiger partial charge in [-0.1, -0.05) is 27.2 Å². The Kier molecular flexibility index (Phi) is 10.9. The van der Waals surface area contributed by atoms with E-state index >= 15 is 0 Å². The average Bonchev–Trinajstić information content (AvgIpc) is 2.36. The van der Waals surface area contributed by atoms with Crippen LogP contribution in [0.15, 0.2) is 0 Å². The lowest BCUT2D eigenvalue weighted by Crippen LogP contribution is -2.45. The number of ether oxygens (including phenoxy) is 1. The molecule has 0 saturated heterocycles. The van der Waals surface area contributed by atoms with Gasteiger partial charge < -0.3 is 10.1 Å². The van der Waals surface area contributed by atoms with E-state index in [1.165, 1.54) is 25.7 Å². The third-order valence-electron chi connectivity index (χ3n) is 3.54. The largest absolute Gasteiger partial charge is 0.383 e. The predicted octanol–water partition coefficient (Wildman–Crippen LogP) is 2.51. The molecule has 3 heteroatoms. The van der Waals surface area contributed by atoms with Crippen LogP contribution in [0.2, 0.25) is 0 Å². The van der Waals surface area contributed by atoms with E-state index in [4.69, 9.17) is 4.74 Å². The normalized spacial score (nSPS) is 13.6. The second kappa shape index (κ2) is 11.0. The molecule has 1 atom stereocenters. The molecule has 0 aromatic rings. The summed E-state index contributed by atoms with van der Waals surface area (Å²) in [5.74, 6) is 0. The molecule has 104 valence electrons. The van der Waals surface area contributed by atoms with Crippen molar-refractivity contribution >= 4 is 0 Å². The smallest absolute Gasteiger partial charge is 0.0589 e. The van der Waals surface area contributed by atoms with Gasteiger partial charge in [-0.2, -0.15) is 0 Å². The summed E-state index contributed by atoms with van der Waals surface area (Å²) in [4.78, 5) is 2.58. The molecule has 17 heavy (non-hydrogen) atoms. The summed E-state index contributed by atoms with van der Waals surface area (Å²) in [6, 6.07) is 1.30. The quantitative estimate of drug-likeness (QED) is 0.604. The number of rotatable bonds is 11. The minimum atomic E-state index is 0.609. The van der Waals surface area contributed by atoms with Gasteiger partial charge in [-0.3, -0.25) is 4.90 Å². The number of likely N-dealkylation sites (N-methyl/N-ethyl adjacent to an activating group) is 1. The molecule has 3 nitrogen and oxygen atoms in total. The van der Waals surface area contributed by atoms with E-state index in [2.05, 4.69) is 38.0 Å². The van der Waals surface area contributed by atoms with Crippen molar-refractivity contribution in [3.63, 3.8) is 0 Å². The standard InChI is InChI=1S/C14H32N2O/c1-6-9-13(15-4)12-16(10-11-17-5)14(7-2)8-3/h13-15H,6-12H2,1-5H3. The van der Waals surface area contributed by atoms with Gasteiger partial charge in [0.15, 0.2) is 0 Å². The second-order valence-electron chi connectivity index (χ2n) is 4.73. The highest BCUT2D eigenvalue weighted by Gasteiger charge is 2.18. The van der Waals surface area contributed by atoms with Crippen molar-refractivity contribution < 1.29 is 4.74 Å². The van der Waals surface area contributed by atoms with Crippen molar-refractivity contribution in [3.05, 3.63) is 0 Å². The van der Waals surface area contributed by atoms with Gasteiger partial charge in [0.1, 0.15) is 0 Å². The molecule has 0 amide bonds. The minimum absolute atomic E-state index is 0.609. The van der Waals surface area contributed by atoms with E-state index in [0.29, 0.717) is 12.1 Å². The summed E-state index contributed by atoms with van der Waals surface area (Å²) in [6.07, 6.45) is 4.94. The molecule has 1 unspecified atom stereocenters. The first-order chi connectivity index (χ1) is 8.23. The van der Waals surface area contributed by atoms with E-state index in [-0.39, 0.29) is 0 Å². The zero-order chi connectivity index (χ0) is 13.1. The highest BCUT2D eigenvalue weighted by molar-refractivity contribution is 4.75. The Balaban J connectivity index is 4.32. The van der Waals surface area contributed by atoms with Crippen LogP contribution in [0.4, 0.5) is 0 Å². The van der Waals surface area contributed by atoms with Crippen LogP contribution in [0.25, 0.3) is 0 Å². The topological polar surface area (TPSA) is 24.5 Å². The zero-order valence-corrected chi connectivity index (χ0v) is 12.5. The Morgan fingerprint density at radius 1 is 1.18 bits per heavy atom. The number of hydrogen-bond donors (Lipinski definition) is 1. The summed E-state index contributed by atoms with van der Waals surface area (Å²) in [6.45, 7) is 9.83. The van der Waals surface area contributed by atoms with Crippen LogP contribution in [0, 0.1) is 0 Å². The number of nitrogens with one attached hydrogen (secondary N) is 1. The van der Waals surface area contributed by atoms with Crippen LogP contribution in [0.3, 0.4) is 0 Å². The lowest BCUT2D eigenvalue weighted by atomic mass is 10.1. The maximum atomic E-state index is 5.22. The molecular weight excluding hydrogens is 212 g/mol. The fourth-order valence-corrected chi connectivity index (χ4v) is 2.39. The van der Waals surface area contributed by atoms with Crippen molar-refractivity contribution in [3.8, 4) is 0 Å². The Labute approximate surface area is 108 Å². The van der Waals surface area contributed by atoms with Gasteiger partial charge in [-0.25, -0.2) is 0 Å². The maximum Gasteiger partial charge on any atom is 0.0589 e. The fraction of sp³-hybridized carbons (Fsp3) is 1.00. The monoisotopic (exact) mass is 244 g/mol. The highest BCUT2D eigenvalue weighted by atomic mass is 16.5. The molecule has 1 N–H and O–H groups in total. The first kappa shape index (κ1) is 16.9. The number of methoxy groups -OCH3 is 1. The van der Waals surface area contributed by atoms with Gasteiger partial charge in [-0.15, -0.1) is 0 Å². The van der Waals surface area contributed by atoms with Gasteiger partial charge in [0.2, 0.25) is 0 Å². The van der Waals surface area contributed by atoms with Crippen LogP contribution < -0.4 is 5.32 Å². The average molecular weight is 244 g/mol. The van der Waals surface area contributed by atoms with Crippen molar-refractivity contribution in [2.45, 2.75) is 58.5 Å². The first-order valence-corrected chi connectivity index (χ1v) is 7.13. The zero-order valence-electron chi connectivity index (χ0n) is 12.5. The molecule has 0 saturated carbocycles. The minimum Gasteiger partial charge on any atom is -0.383 e. The predicted molar refractivity (Wildman–Crippen MR) is 75.6 cm³/mol. The molecule has 0 aromatic carbocycles. The molecule has 0 radical (unpaired) electrons. The SMILES string of the molecule is CCCC(CN(CCOC)C(CC)CC)NC. The molecule has 0 aliphatic rings. The van der Waals surface area contributed by atoms with Crippen LogP contribution in [0.1, 0.15) is 46.5 Å². The molecule has 0 rings (SSSR count). The summed E-state index contributed by atoms with van der Waals surface area (Å²) in [7, 11) is 3.86. The highest BCUT2D eigenvalue weighted by Crippen LogP contribution is 2.10. The molecule has 0 aliphatic heterocycles. The Bertz CT molecular complexity index is 160. The van der Waals surface area contributed by atoms with Crippen LogP contribution in [0.5, 0.6) is 0 Å². The van der Waals surface area contributed by atoms with Crippen molar-refractivity contribution in [2.75, 3.05) is 33.9 Å². The van der Waals surface area contributed by atoms with Crippen molar-refractivity contribution in [2.24, 2.45) is 0 Å². The fourth-order valence-electron chi connectivity index (χ4n) is 2.39. The van der Waals surface area contributed by atoms with Gasteiger partial charge in [-0.05, 0) is 26.3 Å². The molecule has 0 spiro atoms. The van der Waals surface area contributed by atoms with Crippen LogP contribution in [-0.2, 0) is 4.74 Å². The van der Waals surface area contributed by atoms with Crippen molar-refractivity contribution in [1.29, 1.82) is 0 Å². The van der Waals surface area contributed by atoms with E-state index in [1.807, 2.05) is 0 Å². The summed E-state index contributed by atoms with van der Waals surface area (Å²) in [5.41, 5.74) is 0. The lowest BCUT2D eigenvalue weighted by Gasteiger charge is -2.33. The summed E-state index contributed by atoms with van der Waals surface area (Å²) in [5, 5.41) is 3.43. The molecule has 0 bridgehead atoms. The Hall–Kier alpha value is -0.120. The maximum absolute atomic E-state index is 5.22. The van der Waals surface area contributed by atoms with Gasteiger partial charge in [0.25, 0.3) is 0 Å². The molecular formula is C14H32N2O. The second-order valence-corrected chi connectivity index (χ2v) is 4.73. The van der Waals surface area contributed by atoms with Crippen molar-refractivity contribution in [1.82, 2.24) is 10.2 Å². The third-order valence-corrected chi connectivity index (χ3v) is 3.54. The number of nitrogens with zero attached hydrogens (tertiary/aromatic N) is 1. The lowest BCUT2D eigenvalue weighted by molar-refractivity contribution is 0.106. The Morgan fingerprint density at radius 3 is 2.24 bits per heavy atom. The summed E-state index contributed by atoms with van der Waals surface area (Å²) < 4.78 is 5.22. The van der Waals surface area contributed by atoms with Gasteiger partial charge in [0, 0.05) is 32.3 Å². The third kappa shape index (κ3) is 7.02. The molecule has 0 heterocycles. The van der Waals surface area contributed by atoms with E-state index < -0.39 is 0 Å². The first-order valence-electron chi connectivity index (χ1n) is 7.13. The van der Waals surface area contributed by atoms with Gasteiger partial charge in [0.05, 0.1) is 6.61 Å². The van der Waals surface area contributed by atoms with Crippen LogP contribution in [-0.4, -0.2) is 50.8 Å². The van der Waals surface area contributed by atoms with E-state index in [0.717, 1.165) is 19.7 Å². The van der Waals surface area contributed by atoms with E-state index in [1.54, 1.807) is 7.11 Å². The molecule has 0 aromatic heterocycles. The molecule has 0 aliphatic carbocycles. The number of hydrogen-bond acceptors (Lipinski definition) is 3. The summed E-state index contributed by atoms with van der Waals surface area (Å²) >= 11 is 0. The van der Waals surface area contributed by atoms with E-state index in [9.17, 15) is 0 Å².